The number of amides is 1. The van der Waals surface area contributed by atoms with Crippen molar-refractivity contribution in [1.82, 2.24) is 4.37 Å². The number of anilines is 2. The average Bonchev–Trinajstić information content (AvgIpc) is 2.94. The molecule has 7 nitrogen and oxygen atoms in total. The van der Waals surface area contributed by atoms with Gasteiger partial charge in [0.05, 0.1) is 5.69 Å². The van der Waals surface area contributed by atoms with Crippen LogP contribution in [0.2, 0.25) is 0 Å². The normalized spacial score (nSPS) is 11.0. The molecule has 1 aromatic heterocycles. The third kappa shape index (κ3) is 5.34. The van der Waals surface area contributed by atoms with Crippen molar-refractivity contribution in [3.05, 3.63) is 35.5 Å². The summed E-state index contributed by atoms with van der Waals surface area (Å²) < 4.78 is 48.9. The second kappa shape index (κ2) is 8.04. The van der Waals surface area contributed by atoms with Crippen molar-refractivity contribution in [2.24, 2.45) is 0 Å². The van der Waals surface area contributed by atoms with Crippen LogP contribution in [-0.2, 0) is 9.53 Å². The van der Waals surface area contributed by atoms with Crippen molar-refractivity contribution < 1.29 is 32.2 Å². The molecule has 0 aliphatic rings. The maximum atomic E-state index is 12.1. The quantitative estimate of drug-likeness (QED) is 0.738. The second-order valence-corrected chi connectivity index (χ2v) is 5.69. The van der Waals surface area contributed by atoms with E-state index in [2.05, 4.69) is 19.7 Å². The second-order valence-electron chi connectivity index (χ2n) is 4.92. The number of hydrogen-bond donors (Lipinski definition) is 2. The van der Waals surface area contributed by atoms with E-state index in [1.54, 1.807) is 14.0 Å². The van der Waals surface area contributed by atoms with Crippen LogP contribution in [0, 0.1) is 6.92 Å². The van der Waals surface area contributed by atoms with Crippen LogP contribution in [0.1, 0.15) is 16.1 Å². The van der Waals surface area contributed by atoms with Crippen molar-refractivity contribution in [3.8, 4) is 5.75 Å². The summed E-state index contributed by atoms with van der Waals surface area (Å²) in [4.78, 5) is 23.9. The summed E-state index contributed by atoms with van der Waals surface area (Å²) in [5.41, 5.74) is 0.953. The number of nitrogens with zero attached hydrogens (tertiary/aromatic N) is 1. The van der Waals surface area contributed by atoms with Crippen LogP contribution in [0.25, 0.3) is 0 Å². The van der Waals surface area contributed by atoms with E-state index >= 15 is 0 Å². The topological polar surface area (TPSA) is 89.5 Å². The monoisotopic (exact) mass is 389 g/mol. The van der Waals surface area contributed by atoms with Gasteiger partial charge in [0.25, 0.3) is 5.91 Å². The Hall–Kier alpha value is -2.82. The van der Waals surface area contributed by atoms with Crippen LogP contribution < -0.4 is 15.4 Å². The van der Waals surface area contributed by atoms with Crippen molar-refractivity contribution >= 4 is 34.1 Å². The Labute approximate surface area is 150 Å². The first-order valence-electron chi connectivity index (χ1n) is 7.16. The molecule has 0 aliphatic heterocycles. The summed E-state index contributed by atoms with van der Waals surface area (Å²) >= 11 is 1.09. The summed E-state index contributed by atoms with van der Waals surface area (Å²) in [6.45, 7) is 1.08. The highest BCUT2D eigenvalue weighted by Gasteiger charge is 2.31. The predicted octanol–water partition coefficient (Wildman–Crippen LogP) is 3.19. The van der Waals surface area contributed by atoms with E-state index < -0.39 is 30.6 Å². The van der Waals surface area contributed by atoms with E-state index in [1.165, 1.54) is 12.1 Å². The van der Waals surface area contributed by atoms with Gasteiger partial charge in [-0.3, -0.25) is 4.79 Å². The number of nitrogens with one attached hydrogen (secondary N) is 2. The number of carbonyl (C=O) groups is 2. The highest BCUT2D eigenvalue weighted by atomic mass is 32.1. The lowest BCUT2D eigenvalue weighted by Gasteiger charge is -2.10. The molecule has 0 bridgehead atoms. The Morgan fingerprint density at radius 2 is 1.88 bits per heavy atom. The Kier molecular flexibility index (Phi) is 6.03. The van der Waals surface area contributed by atoms with Gasteiger partial charge in [-0.25, -0.2) is 4.79 Å². The molecule has 2 N–H and O–H groups in total. The average molecular weight is 389 g/mol. The highest BCUT2D eigenvalue weighted by Crippen LogP contribution is 2.25. The third-order valence-electron chi connectivity index (χ3n) is 3.00. The molecule has 1 heterocycles. The molecule has 0 spiro atoms. The molecule has 26 heavy (non-hydrogen) atoms. The number of rotatable bonds is 6. The summed E-state index contributed by atoms with van der Waals surface area (Å²) in [6.07, 6.45) is -4.79. The number of ether oxygens (including phenoxy) is 2. The van der Waals surface area contributed by atoms with Crippen molar-refractivity contribution in [1.29, 1.82) is 0 Å². The highest BCUT2D eigenvalue weighted by molar-refractivity contribution is 7.10. The molecule has 2 aromatic rings. The van der Waals surface area contributed by atoms with Gasteiger partial charge in [0, 0.05) is 12.7 Å². The lowest BCUT2D eigenvalue weighted by Crippen LogP contribution is -2.21. The van der Waals surface area contributed by atoms with E-state index in [9.17, 15) is 22.8 Å². The zero-order valence-electron chi connectivity index (χ0n) is 13.6. The smallest absolute Gasteiger partial charge is 0.452 e. The zero-order chi connectivity index (χ0) is 19.3. The molecule has 0 radical (unpaired) electrons. The minimum Gasteiger partial charge on any atom is -0.452 e. The Morgan fingerprint density at radius 1 is 1.23 bits per heavy atom. The van der Waals surface area contributed by atoms with Crippen molar-refractivity contribution in [3.63, 3.8) is 0 Å². The lowest BCUT2D eigenvalue weighted by molar-refractivity contribution is -0.274. The molecule has 0 saturated carbocycles. The minimum absolute atomic E-state index is 0.227. The summed E-state index contributed by atoms with van der Waals surface area (Å²) in [5, 5.41) is 5.72. The molecular formula is C15H14F3N3O4S. The lowest BCUT2D eigenvalue weighted by atomic mass is 10.2. The Balaban J connectivity index is 1.89. The molecule has 1 amide bonds. The number of benzene rings is 1. The fraction of sp³-hybridized carbons (Fsp3) is 0.267. The first kappa shape index (κ1) is 19.5. The van der Waals surface area contributed by atoms with Crippen LogP contribution in [0.3, 0.4) is 0 Å². The fourth-order valence-corrected chi connectivity index (χ4v) is 2.65. The number of esters is 1. The predicted molar refractivity (Wildman–Crippen MR) is 88.4 cm³/mol. The Bertz CT molecular complexity index is 790. The van der Waals surface area contributed by atoms with Gasteiger partial charge < -0.3 is 20.1 Å². The number of halogens is 3. The molecule has 0 atom stereocenters. The van der Waals surface area contributed by atoms with Gasteiger partial charge >= 0.3 is 12.3 Å². The molecule has 0 saturated heterocycles. The molecule has 140 valence electrons. The first-order chi connectivity index (χ1) is 12.2. The molecule has 2 rings (SSSR count). The Morgan fingerprint density at radius 3 is 2.46 bits per heavy atom. The largest absolute Gasteiger partial charge is 0.573 e. The molecule has 1 aromatic carbocycles. The molecule has 0 unspecified atom stereocenters. The van der Waals surface area contributed by atoms with Crippen LogP contribution in [0.4, 0.5) is 23.9 Å². The fourth-order valence-electron chi connectivity index (χ4n) is 1.92. The van der Waals surface area contributed by atoms with Crippen LogP contribution in [-0.4, -0.2) is 36.3 Å². The third-order valence-corrected chi connectivity index (χ3v) is 3.96. The molecule has 0 aliphatic carbocycles. The summed E-state index contributed by atoms with van der Waals surface area (Å²) in [7, 11) is 1.63. The summed E-state index contributed by atoms with van der Waals surface area (Å²) in [6, 6.07) is 4.56. The number of hydrogen-bond acceptors (Lipinski definition) is 7. The number of aromatic nitrogens is 1. The van der Waals surface area contributed by atoms with Crippen LogP contribution >= 0.6 is 11.5 Å². The zero-order valence-corrected chi connectivity index (χ0v) is 14.5. The van der Waals surface area contributed by atoms with Crippen LogP contribution in [0.15, 0.2) is 24.3 Å². The van der Waals surface area contributed by atoms with Crippen LogP contribution in [0.5, 0.6) is 5.75 Å². The van der Waals surface area contributed by atoms with E-state index in [0.717, 1.165) is 23.7 Å². The van der Waals surface area contributed by atoms with Gasteiger partial charge in [0.15, 0.2) is 6.61 Å². The maximum absolute atomic E-state index is 12.1. The number of carbonyl (C=O) groups excluding carboxylic acids is 2. The van der Waals surface area contributed by atoms with E-state index in [0.29, 0.717) is 10.7 Å². The maximum Gasteiger partial charge on any atom is 0.573 e. The van der Waals surface area contributed by atoms with Crippen molar-refractivity contribution in [2.75, 3.05) is 24.3 Å². The van der Waals surface area contributed by atoms with Gasteiger partial charge in [-0.1, -0.05) is 0 Å². The SMILES string of the molecule is CNc1snc(C)c1C(=O)OCC(=O)Nc1ccc(OC(F)(F)F)cc1. The van der Waals surface area contributed by atoms with Gasteiger partial charge in [-0.15, -0.1) is 13.2 Å². The number of aryl methyl sites for hydroxylation is 1. The van der Waals surface area contributed by atoms with E-state index in [1.807, 2.05) is 0 Å². The standard InChI is InChI=1S/C15H14F3N3O4S/c1-8-12(13(19-2)26-21-8)14(23)24-7-11(22)20-9-3-5-10(6-4-9)25-15(16,17)18/h3-6,19H,7H2,1-2H3,(H,20,22). The van der Waals surface area contributed by atoms with Gasteiger partial charge in [-0.05, 0) is 42.7 Å². The van der Waals surface area contributed by atoms with E-state index in [4.69, 9.17) is 4.74 Å². The van der Waals surface area contributed by atoms with Crippen molar-refractivity contribution in [2.45, 2.75) is 13.3 Å². The van der Waals surface area contributed by atoms with E-state index in [-0.39, 0.29) is 11.3 Å². The summed E-state index contributed by atoms with van der Waals surface area (Å²) in [5.74, 6) is -1.76. The van der Waals surface area contributed by atoms with Gasteiger partial charge in [0.2, 0.25) is 0 Å². The van der Waals surface area contributed by atoms with Gasteiger partial charge in [-0.2, -0.15) is 4.37 Å². The molecular weight excluding hydrogens is 375 g/mol. The molecule has 0 fully saturated rings. The number of alkyl halides is 3. The molecule has 11 heteroatoms. The first-order valence-corrected chi connectivity index (χ1v) is 7.93. The van der Waals surface area contributed by atoms with Gasteiger partial charge in [0.1, 0.15) is 16.3 Å². The minimum atomic E-state index is -4.79.